The Morgan fingerprint density at radius 1 is 1.06 bits per heavy atom. The third-order valence-electron chi connectivity index (χ3n) is 4.51. The van der Waals surface area contributed by atoms with Gasteiger partial charge in [-0.05, 0) is 58.2 Å². The lowest BCUT2D eigenvalue weighted by atomic mass is 9.77. The predicted octanol–water partition coefficient (Wildman–Crippen LogP) is 2.02. The first-order chi connectivity index (χ1) is 8.35. The molecule has 0 atom stereocenters. The first-order valence-corrected chi connectivity index (χ1v) is 7.33. The van der Waals surface area contributed by atoms with Crippen LogP contribution in [0.5, 0.6) is 0 Å². The molecule has 0 amide bonds. The van der Waals surface area contributed by atoms with Gasteiger partial charge < -0.3 is 15.0 Å². The van der Waals surface area contributed by atoms with Gasteiger partial charge in [0.2, 0.25) is 0 Å². The molecule has 2 aliphatic rings. The van der Waals surface area contributed by atoms with Crippen molar-refractivity contribution < 1.29 is 4.74 Å². The summed E-state index contributed by atoms with van der Waals surface area (Å²) in [4.78, 5) is 2.59. The molecule has 100 valence electrons. The van der Waals surface area contributed by atoms with Crippen molar-refractivity contribution in [1.82, 2.24) is 10.2 Å². The van der Waals surface area contributed by atoms with Crippen molar-refractivity contribution in [1.29, 1.82) is 0 Å². The summed E-state index contributed by atoms with van der Waals surface area (Å²) in [5.41, 5.74) is 0.234. The highest BCUT2D eigenvalue weighted by Gasteiger charge is 2.35. The second-order valence-corrected chi connectivity index (χ2v) is 5.64. The first kappa shape index (κ1) is 13.3. The number of rotatable bonds is 7. The summed E-state index contributed by atoms with van der Waals surface area (Å²) in [6.45, 7) is 6.09. The molecule has 1 N–H and O–H groups in total. The van der Waals surface area contributed by atoms with E-state index in [1.54, 1.807) is 0 Å². The van der Waals surface area contributed by atoms with E-state index in [1.807, 2.05) is 7.11 Å². The summed E-state index contributed by atoms with van der Waals surface area (Å²) in [7, 11) is 1.87. The average molecular weight is 240 g/mol. The fourth-order valence-corrected chi connectivity index (χ4v) is 2.99. The molecule has 3 heteroatoms. The van der Waals surface area contributed by atoms with Gasteiger partial charge in [-0.15, -0.1) is 0 Å². The zero-order valence-corrected chi connectivity index (χ0v) is 11.3. The molecule has 1 aliphatic heterocycles. The monoisotopic (exact) mass is 240 g/mol. The normalized spacial score (nSPS) is 24.5. The number of ether oxygens (including phenoxy) is 1. The largest absolute Gasteiger partial charge is 0.378 e. The van der Waals surface area contributed by atoms with Gasteiger partial charge in [-0.25, -0.2) is 0 Å². The van der Waals surface area contributed by atoms with Gasteiger partial charge in [-0.3, -0.25) is 0 Å². The zero-order chi connectivity index (χ0) is 12.0. The summed E-state index contributed by atoms with van der Waals surface area (Å²) in [5, 5.41) is 3.57. The minimum absolute atomic E-state index is 0.234. The Kier molecular flexibility index (Phi) is 5.26. The van der Waals surface area contributed by atoms with Crippen LogP contribution in [-0.2, 0) is 4.74 Å². The molecular weight excluding hydrogens is 212 g/mol. The maximum absolute atomic E-state index is 5.62. The summed E-state index contributed by atoms with van der Waals surface area (Å²) in [6.07, 6.45) is 9.28. The van der Waals surface area contributed by atoms with Crippen LogP contribution in [-0.4, -0.2) is 50.3 Å². The highest BCUT2D eigenvalue weighted by atomic mass is 16.5. The maximum Gasteiger partial charge on any atom is 0.0690 e. The highest BCUT2D eigenvalue weighted by Crippen LogP contribution is 2.37. The van der Waals surface area contributed by atoms with E-state index in [-0.39, 0.29) is 5.60 Å². The molecule has 0 aromatic rings. The second-order valence-electron chi connectivity index (χ2n) is 5.64. The van der Waals surface area contributed by atoms with Crippen LogP contribution in [0.2, 0.25) is 0 Å². The number of likely N-dealkylation sites (tertiary alicyclic amines) is 1. The number of piperidine rings is 1. The van der Waals surface area contributed by atoms with Crippen molar-refractivity contribution in [3.05, 3.63) is 0 Å². The van der Waals surface area contributed by atoms with Crippen molar-refractivity contribution >= 4 is 0 Å². The van der Waals surface area contributed by atoms with Gasteiger partial charge in [0, 0.05) is 20.2 Å². The predicted molar refractivity (Wildman–Crippen MR) is 71.4 cm³/mol. The molecule has 1 saturated heterocycles. The van der Waals surface area contributed by atoms with Crippen LogP contribution >= 0.6 is 0 Å². The van der Waals surface area contributed by atoms with Crippen LogP contribution < -0.4 is 5.32 Å². The highest BCUT2D eigenvalue weighted by molar-refractivity contribution is 4.89. The van der Waals surface area contributed by atoms with Gasteiger partial charge >= 0.3 is 0 Å². The summed E-state index contributed by atoms with van der Waals surface area (Å²) in [5.74, 6) is 0. The van der Waals surface area contributed by atoms with E-state index >= 15 is 0 Å². The van der Waals surface area contributed by atoms with E-state index in [2.05, 4.69) is 10.2 Å². The van der Waals surface area contributed by atoms with Crippen molar-refractivity contribution in [2.75, 3.05) is 39.8 Å². The molecular formula is C14H28N2O. The smallest absolute Gasteiger partial charge is 0.0690 e. The third-order valence-corrected chi connectivity index (χ3v) is 4.51. The molecule has 1 heterocycles. The summed E-state index contributed by atoms with van der Waals surface area (Å²) < 4.78 is 5.62. The van der Waals surface area contributed by atoms with Crippen LogP contribution in [0.3, 0.4) is 0 Å². The van der Waals surface area contributed by atoms with E-state index in [4.69, 9.17) is 4.74 Å². The Morgan fingerprint density at radius 3 is 2.41 bits per heavy atom. The lowest BCUT2D eigenvalue weighted by Gasteiger charge is -2.40. The molecule has 2 rings (SSSR count). The molecule has 1 aliphatic carbocycles. The van der Waals surface area contributed by atoms with Crippen molar-refractivity contribution in [3.63, 3.8) is 0 Å². The Labute approximate surface area is 106 Å². The SMILES string of the molecule is COC1(CCNCCN2CCCCC2)CCC1. The van der Waals surface area contributed by atoms with Crippen LogP contribution in [0, 0.1) is 0 Å². The van der Waals surface area contributed by atoms with Gasteiger partial charge in [-0.1, -0.05) is 6.42 Å². The molecule has 2 fully saturated rings. The van der Waals surface area contributed by atoms with Gasteiger partial charge in [0.25, 0.3) is 0 Å². The molecule has 17 heavy (non-hydrogen) atoms. The van der Waals surface area contributed by atoms with E-state index in [0.717, 1.165) is 13.1 Å². The van der Waals surface area contributed by atoms with Crippen molar-refractivity contribution in [2.45, 2.75) is 50.5 Å². The summed E-state index contributed by atoms with van der Waals surface area (Å²) >= 11 is 0. The van der Waals surface area contributed by atoms with Gasteiger partial charge in [0.05, 0.1) is 5.60 Å². The fourth-order valence-electron chi connectivity index (χ4n) is 2.99. The molecule has 0 aromatic carbocycles. The van der Waals surface area contributed by atoms with Crippen LogP contribution in [0.4, 0.5) is 0 Å². The second kappa shape index (κ2) is 6.72. The van der Waals surface area contributed by atoms with Crippen LogP contribution in [0.15, 0.2) is 0 Å². The van der Waals surface area contributed by atoms with Crippen LogP contribution in [0.25, 0.3) is 0 Å². The van der Waals surface area contributed by atoms with E-state index in [9.17, 15) is 0 Å². The number of hydrogen-bond donors (Lipinski definition) is 1. The van der Waals surface area contributed by atoms with Gasteiger partial charge in [0.15, 0.2) is 0 Å². The van der Waals surface area contributed by atoms with E-state index in [0.29, 0.717) is 0 Å². The Morgan fingerprint density at radius 2 is 1.82 bits per heavy atom. The van der Waals surface area contributed by atoms with E-state index in [1.165, 1.54) is 64.6 Å². The molecule has 0 bridgehead atoms. The number of hydrogen-bond acceptors (Lipinski definition) is 3. The molecule has 0 radical (unpaired) electrons. The lowest BCUT2D eigenvalue weighted by molar-refractivity contribution is -0.0767. The third kappa shape index (κ3) is 3.94. The minimum Gasteiger partial charge on any atom is -0.378 e. The quantitative estimate of drug-likeness (QED) is 0.689. The molecule has 1 saturated carbocycles. The fraction of sp³-hybridized carbons (Fsp3) is 1.00. The number of nitrogens with zero attached hydrogens (tertiary/aromatic N) is 1. The Hall–Kier alpha value is -0.120. The molecule has 0 unspecified atom stereocenters. The number of nitrogens with one attached hydrogen (secondary N) is 1. The Balaban J connectivity index is 1.48. The number of methoxy groups -OCH3 is 1. The van der Waals surface area contributed by atoms with Gasteiger partial charge in [0.1, 0.15) is 0 Å². The topological polar surface area (TPSA) is 24.5 Å². The van der Waals surface area contributed by atoms with E-state index < -0.39 is 0 Å². The molecule has 3 nitrogen and oxygen atoms in total. The maximum atomic E-state index is 5.62. The average Bonchev–Trinajstić information content (AvgIpc) is 2.33. The Bertz CT molecular complexity index is 205. The molecule has 0 aromatic heterocycles. The minimum atomic E-state index is 0.234. The standard InChI is InChI=1S/C14H28N2O/c1-17-14(6-5-7-14)8-9-15-10-13-16-11-3-2-4-12-16/h15H,2-13H2,1H3. The summed E-state index contributed by atoms with van der Waals surface area (Å²) in [6, 6.07) is 0. The first-order valence-electron chi connectivity index (χ1n) is 7.33. The van der Waals surface area contributed by atoms with Crippen LogP contribution in [0.1, 0.15) is 44.9 Å². The molecule has 0 spiro atoms. The van der Waals surface area contributed by atoms with Crippen molar-refractivity contribution in [3.8, 4) is 0 Å². The van der Waals surface area contributed by atoms with Crippen molar-refractivity contribution in [2.24, 2.45) is 0 Å². The zero-order valence-electron chi connectivity index (χ0n) is 11.3. The van der Waals surface area contributed by atoms with Gasteiger partial charge in [-0.2, -0.15) is 0 Å². The lowest BCUT2D eigenvalue weighted by Crippen LogP contribution is -2.42.